The Morgan fingerprint density at radius 2 is 2.50 bits per heavy atom. The average Bonchev–Trinajstić information content (AvgIpc) is 2.65. The molecule has 0 N–H and O–H groups in total. The standard InChI is InChI=1S/C8H8NO3/c10-8-3-5-12-9(8)6-7-2-1-4-11-7/h1-4H,5-6H2. The number of nitrogens with zero attached hydrogens (tertiary/aromatic N) is 1. The molecule has 2 heterocycles. The van der Waals surface area contributed by atoms with Crippen LogP contribution in [-0.2, 0) is 16.2 Å². The zero-order valence-electron chi connectivity index (χ0n) is 6.40. The lowest BCUT2D eigenvalue weighted by Gasteiger charge is -2.10. The number of hydrogen-bond donors (Lipinski definition) is 0. The molecule has 0 spiro atoms. The molecular weight excluding hydrogens is 158 g/mol. The van der Waals surface area contributed by atoms with E-state index in [-0.39, 0.29) is 5.91 Å². The van der Waals surface area contributed by atoms with E-state index in [1.807, 2.05) is 0 Å². The van der Waals surface area contributed by atoms with E-state index in [4.69, 9.17) is 9.25 Å². The highest BCUT2D eigenvalue weighted by Crippen LogP contribution is 2.11. The summed E-state index contributed by atoms with van der Waals surface area (Å²) >= 11 is 0. The van der Waals surface area contributed by atoms with Crippen LogP contribution in [0, 0.1) is 6.42 Å². The van der Waals surface area contributed by atoms with E-state index < -0.39 is 0 Å². The maximum absolute atomic E-state index is 11.0. The van der Waals surface area contributed by atoms with Gasteiger partial charge < -0.3 is 4.42 Å². The van der Waals surface area contributed by atoms with E-state index in [2.05, 4.69) is 0 Å². The molecule has 1 aliphatic rings. The zero-order valence-corrected chi connectivity index (χ0v) is 6.40. The molecule has 0 unspecified atom stereocenters. The third-order valence-corrected chi connectivity index (χ3v) is 1.61. The van der Waals surface area contributed by atoms with E-state index in [1.54, 1.807) is 18.4 Å². The molecule has 1 amide bonds. The van der Waals surface area contributed by atoms with Crippen LogP contribution in [0.4, 0.5) is 0 Å². The lowest BCUT2D eigenvalue weighted by atomic mass is 10.4. The first-order valence-electron chi connectivity index (χ1n) is 3.66. The van der Waals surface area contributed by atoms with E-state index >= 15 is 0 Å². The summed E-state index contributed by atoms with van der Waals surface area (Å²) in [5.74, 6) is 0.616. The van der Waals surface area contributed by atoms with E-state index in [0.29, 0.717) is 13.2 Å². The van der Waals surface area contributed by atoms with E-state index in [1.165, 1.54) is 11.5 Å². The molecule has 0 aliphatic carbocycles. The minimum atomic E-state index is -0.105. The lowest BCUT2D eigenvalue weighted by Crippen LogP contribution is -2.22. The highest BCUT2D eigenvalue weighted by Gasteiger charge is 2.22. The van der Waals surface area contributed by atoms with Crippen molar-refractivity contribution in [3.05, 3.63) is 30.6 Å². The number of rotatable bonds is 2. The van der Waals surface area contributed by atoms with Crippen LogP contribution in [0.25, 0.3) is 0 Å². The van der Waals surface area contributed by atoms with Gasteiger partial charge in [-0.1, -0.05) is 0 Å². The average molecular weight is 166 g/mol. The SMILES string of the molecule is O=C1[CH]CON1Cc1ccco1. The molecule has 2 rings (SSSR count). The second-order valence-corrected chi connectivity index (χ2v) is 2.45. The molecule has 0 atom stereocenters. The van der Waals surface area contributed by atoms with Gasteiger partial charge in [0.25, 0.3) is 5.91 Å². The van der Waals surface area contributed by atoms with Gasteiger partial charge in [0.15, 0.2) is 0 Å². The molecule has 1 aromatic rings. The molecule has 12 heavy (non-hydrogen) atoms. The van der Waals surface area contributed by atoms with Crippen molar-refractivity contribution in [3.8, 4) is 0 Å². The summed E-state index contributed by atoms with van der Waals surface area (Å²) in [6.45, 7) is 0.738. The van der Waals surface area contributed by atoms with Gasteiger partial charge in [0.2, 0.25) is 0 Å². The smallest absolute Gasteiger partial charge is 0.252 e. The molecule has 1 aromatic heterocycles. The first-order chi connectivity index (χ1) is 5.86. The van der Waals surface area contributed by atoms with Crippen LogP contribution in [0.5, 0.6) is 0 Å². The van der Waals surface area contributed by atoms with Gasteiger partial charge in [-0.2, -0.15) is 0 Å². The van der Waals surface area contributed by atoms with Gasteiger partial charge in [-0.15, -0.1) is 0 Å². The summed E-state index contributed by atoms with van der Waals surface area (Å²) in [5.41, 5.74) is 0. The Kier molecular flexibility index (Phi) is 1.83. The van der Waals surface area contributed by atoms with E-state index in [0.717, 1.165) is 5.76 Å². The van der Waals surface area contributed by atoms with Gasteiger partial charge in [0, 0.05) is 0 Å². The van der Waals surface area contributed by atoms with Gasteiger partial charge in [-0.05, 0) is 12.1 Å². The molecule has 0 aromatic carbocycles. The Morgan fingerprint density at radius 3 is 3.08 bits per heavy atom. The second-order valence-electron chi connectivity index (χ2n) is 2.45. The van der Waals surface area contributed by atoms with Crippen LogP contribution in [0.15, 0.2) is 22.8 Å². The predicted octanol–water partition coefficient (Wildman–Crippen LogP) is 0.758. The highest BCUT2D eigenvalue weighted by molar-refractivity contribution is 5.85. The van der Waals surface area contributed by atoms with Crippen molar-refractivity contribution in [1.29, 1.82) is 0 Å². The normalized spacial score (nSPS) is 17.3. The molecule has 0 bridgehead atoms. The molecule has 1 fully saturated rings. The summed E-state index contributed by atoms with van der Waals surface area (Å²) in [6.07, 6.45) is 3.06. The molecule has 4 nitrogen and oxygen atoms in total. The maximum Gasteiger partial charge on any atom is 0.252 e. The fraction of sp³-hybridized carbons (Fsp3) is 0.250. The summed E-state index contributed by atoms with van der Waals surface area (Å²) in [5, 5.41) is 1.28. The fourth-order valence-electron chi connectivity index (χ4n) is 1.03. The quantitative estimate of drug-likeness (QED) is 0.651. The highest BCUT2D eigenvalue weighted by atomic mass is 16.7. The molecule has 63 valence electrons. The number of hydroxylamine groups is 2. The van der Waals surface area contributed by atoms with Crippen molar-refractivity contribution < 1.29 is 14.0 Å². The minimum absolute atomic E-state index is 0.105. The van der Waals surface area contributed by atoms with Crippen LogP contribution in [0.2, 0.25) is 0 Å². The number of furan rings is 1. The van der Waals surface area contributed by atoms with Gasteiger partial charge in [0.05, 0.1) is 19.3 Å². The molecule has 0 saturated carbocycles. The first-order valence-corrected chi connectivity index (χ1v) is 3.66. The van der Waals surface area contributed by atoms with Crippen LogP contribution in [-0.4, -0.2) is 17.6 Å². The summed E-state index contributed by atoms with van der Waals surface area (Å²) in [7, 11) is 0. The van der Waals surface area contributed by atoms with Crippen LogP contribution < -0.4 is 0 Å². The second kappa shape index (κ2) is 2.98. The third-order valence-electron chi connectivity index (χ3n) is 1.61. The van der Waals surface area contributed by atoms with Crippen LogP contribution in [0.1, 0.15) is 5.76 Å². The maximum atomic E-state index is 11.0. The topological polar surface area (TPSA) is 42.7 Å². The molecule has 1 aliphatic heterocycles. The monoisotopic (exact) mass is 166 g/mol. The van der Waals surface area contributed by atoms with Crippen molar-refractivity contribution >= 4 is 5.91 Å². The number of carbonyl (C=O) groups excluding carboxylic acids is 1. The predicted molar refractivity (Wildman–Crippen MR) is 39.5 cm³/mol. The van der Waals surface area contributed by atoms with Crippen LogP contribution in [0.3, 0.4) is 0 Å². The van der Waals surface area contributed by atoms with Crippen molar-refractivity contribution in [3.63, 3.8) is 0 Å². The Balaban J connectivity index is 1.99. The minimum Gasteiger partial charge on any atom is -0.467 e. The lowest BCUT2D eigenvalue weighted by molar-refractivity contribution is -0.165. The molecule has 1 radical (unpaired) electrons. The van der Waals surface area contributed by atoms with Crippen LogP contribution >= 0.6 is 0 Å². The Hall–Kier alpha value is -1.29. The number of carbonyl (C=O) groups is 1. The van der Waals surface area contributed by atoms with Crippen molar-refractivity contribution in [2.24, 2.45) is 0 Å². The van der Waals surface area contributed by atoms with Gasteiger partial charge in [-0.25, -0.2) is 5.06 Å². The van der Waals surface area contributed by atoms with Crippen molar-refractivity contribution in [2.75, 3.05) is 6.61 Å². The third kappa shape index (κ3) is 1.33. The number of hydrogen-bond acceptors (Lipinski definition) is 3. The molecule has 1 saturated heterocycles. The Labute approximate surface area is 69.7 Å². The van der Waals surface area contributed by atoms with Gasteiger partial charge in [0.1, 0.15) is 12.3 Å². The van der Waals surface area contributed by atoms with Gasteiger partial charge in [-0.3, -0.25) is 9.63 Å². The summed E-state index contributed by atoms with van der Waals surface area (Å²) in [4.78, 5) is 16.0. The first kappa shape index (κ1) is 7.36. The fourth-order valence-corrected chi connectivity index (χ4v) is 1.03. The van der Waals surface area contributed by atoms with E-state index in [9.17, 15) is 4.79 Å². The number of amides is 1. The van der Waals surface area contributed by atoms with Gasteiger partial charge >= 0.3 is 0 Å². The molecular formula is C8H8NO3. The summed E-state index contributed by atoms with van der Waals surface area (Å²) in [6, 6.07) is 3.58. The Bertz CT molecular complexity index is 268. The Morgan fingerprint density at radius 1 is 1.58 bits per heavy atom. The van der Waals surface area contributed by atoms with Crippen molar-refractivity contribution in [1.82, 2.24) is 5.06 Å². The largest absolute Gasteiger partial charge is 0.467 e. The summed E-state index contributed by atoms with van der Waals surface area (Å²) < 4.78 is 5.06. The molecule has 4 heteroatoms. The van der Waals surface area contributed by atoms with Crippen molar-refractivity contribution in [2.45, 2.75) is 6.54 Å². The zero-order chi connectivity index (χ0) is 8.39.